The molecule has 1 heterocycles. The van der Waals surface area contributed by atoms with Crippen LogP contribution in [0.25, 0.3) is 0 Å². The van der Waals surface area contributed by atoms with Crippen molar-refractivity contribution >= 4 is 23.2 Å². The third-order valence-corrected chi connectivity index (χ3v) is 2.80. The summed E-state index contributed by atoms with van der Waals surface area (Å²) in [6.45, 7) is 2.06. The van der Waals surface area contributed by atoms with Crippen molar-refractivity contribution in [3.05, 3.63) is 23.5 Å². The molecule has 1 aliphatic carbocycles. The smallest absolute Gasteiger partial charge is 0.227 e. The molecular weight excluding hydrogens is 200 g/mol. The quantitative estimate of drug-likeness (QED) is 0.814. The van der Waals surface area contributed by atoms with Crippen molar-refractivity contribution < 1.29 is 4.79 Å². The Labute approximate surface area is 87.5 Å². The topological polar surface area (TPSA) is 42.0 Å². The molecule has 0 spiro atoms. The third kappa shape index (κ3) is 1.87. The van der Waals surface area contributed by atoms with Crippen LogP contribution in [0, 0.1) is 11.8 Å². The van der Waals surface area contributed by atoms with E-state index in [2.05, 4.69) is 17.2 Å². The zero-order chi connectivity index (χ0) is 10.1. The molecule has 1 aromatic rings. The van der Waals surface area contributed by atoms with E-state index in [9.17, 15) is 4.79 Å². The molecule has 0 saturated heterocycles. The van der Waals surface area contributed by atoms with E-state index in [0.29, 0.717) is 16.6 Å². The first-order chi connectivity index (χ1) is 6.68. The second-order valence-electron chi connectivity index (χ2n) is 3.66. The van der Waals surface area contributed by atoms with E-state index in [1.807, 2.05) is 0 Å². The van der Waals surface area contributed by atoms with Crippen LogP contribution in [0.5, 0.6) is 0 Å². The zero-order valence-corrected chi connectivity index (χ0v) is 8.58. The third-order valence-electron chi connectivity index (χ3n) is 2.47. The minimum atomic E-state index is 0.0485. The maximum absolute atomic E-state index is 11.5. The van der Waals surface area contributed by atoms with Crippen molar-refractivity contribution in [3.63, 3.8) is 0 Å². The van der Waals surface area contributed by atoms with Gasteiger partial charge in [0, 0.05) is 12.1 Å². The Hall–Kier alpha value is -1.09. The lowest BCUT2D eigenvalue weighted by atomic mass is 10.3. The lowest BCUT2D eigenvalue weighted by molar-refractivity contribution is -0.117. The van der Waals surface area contributed by atoms with E-state index in [0.717, 1.165) is 6.42 Å². The van der Waals surface area contributed by atoms with E-state index in [1.54, 1.807) is 18.5 Å². The number of carbonyl (C=O) groups is 1. The number of aromatic nitrogens is 1. The van der Waals surface area contributed by atoms with E-state index in [1.165, 1.54) is 0 Å². The summed E-state index contributed by atoms with van der Waals surface area (Å²) in [7, 11) is 0. The fourth-order valence-corrected chi connectivity index (χ4v) is 1.53. The first-order valence-corrected chi connectivity index (χ1v) is 4.96. The minimum absolute atomic E-state index is 0.0485. The van der Waals surface area contributed by atoms with Gasteiger partial charge in [-0.1, -0.05) is 18.5 Å². The summed E-state index contributed by atoms with van der Waals surface area (Å²) in [6, 6.07) is 1.66. The van der Waals surface area contributed by atoms with Crippen LogP contribution >= 0.6 is 11.6 Å². The number of pyridine rings is 1. The van der Waals surface area contributed by atoms with Crippen molar-refractivity contribution in [2.24, 2.45) is 11.8 Å². The largest absolute Gasteiger partial charge is 0.323 e. The number of anilines is 1. The molecule has 14 heavy (non-hydrogen) atoms. The Kier molecular flexibility index (Phi) is 2.42. The molecule has 1 N–H and O–H groups in total. The highest BCUT2D eigenvalue weighted by molar-refractivity contribution is 6.33. The zero-order valence-electron chi connectivity index (χ0n) is 7.83. The van der Waals surface area contributed by atoms with E-state index in [4.69, 9.17) is 11.6 Å². The molecule has 0 bridgehead atoms. The van der Waals surface area contributed by atoms with Crippen LogP contribution in [0.2, 0.25) is 5.02 Å². The van der Waals surface area contributed by atoms with Gasteiger partial charge in [0.25, 0.3) is 0 Å². The van der Waals surface area contributed by atoms with Gasteiger partial charge in [0.15, 0.2) is 0 Å². The fourth-order valence-electron chi connectivity index (χ4n) is 1.38. The highest BCUT2D eigenvalue weighted by Crippen LogP contribution is 2.38. The van der Waals surface area contributed by atoms with Gasteiger partial charge < -0.3 is 5.32 Å². The summed E-state index contributed by atoms with van der Waals surface area (Å²) in [6.07, 6.45) is 4.13. The summed E-state index contributed by atoms with van der Waals surface area (Å²) in [5.41, 5.74) is 0.596. The van der Waals surface area contributed by atoms with Crippen LogP contribution in [0.1, 0.15) is 13.3 Å². The van der Waals surface area contributed by atoms with Crippen LogP contribution in [-0.4, -0.2) is 10.9 Å². The average Bonchev–Trinajstić information content (AvgIpc) is 2.87. The van der Waals surface area contributed by atoms with Gasteiger partial charge in [0.2, 0.25) is 5.91 Å². The molecule has 1 aromatic heterocycles. The van der Waals surface area contributed by atoms with E-state index < -0.39 is 0 Å². The SMILES string of the molecule is CC1CC1C(=O)Nc1cnccc1Cl. The lowest BCUT2D eigenvalue weighted by Crippen LogP contribution is -2.14. The molecule has 0 aromatic carbocycles. The molecule has 0 aliphatic heterocycles. The second kappa shape index (κ2) is 3.58. The molecule has 1 amide bonds. The monoisotopic (exact) mass is 210 g/mol. The molecule has 2 rings (SSSR count). The first-order valence-electron chi connectivity index (χ1n) is 4.59. The summed E-state index contributed by atoms with van der Waals surface area (Å²) in [5.74, 6) is 0.712. The van der Waals surface area contributed by atoms with Crippen molar-refractivity contribution in [2.45, 2.75) is 13.3 Å². The molecular formula is C10H11ClN2O. The summed E-state index contributed by atoms with van der Waals surface area (Å²) < 4.78 is 0. The second-order valence-corrected chi connectivity index (χ2v) is 4.07. The lowest BCUT2D eigenvalue weighted by Gasteiger charge is -2.04. The molecule has 1 fully saturated rings. The summed E-state index contributed by atoms with van der Waals surface area (Å²) in [4.78, 5) is 15.4. The van der Waals surface area contributed by atoms with Crippen molar-refractivity contribution in [3.8, 4) is 0 Å². The standard InChI is InChI=1S/C10H11ClN2O/c1-6-4-7(6)10(14)13-9-5-12-3-2-8(9)11/h2-3,5-7H,4H2,1H3,(H,13,14). The highest BCUT2D eigenvalue weighted by atomic mass is 35.5. The number of amides is 1. The molecule has 2 unspecified atom stereocenters. The maximum atomic E-state index is 11.5. The number of nitrogens with one attached hydrogen (secondary N) is 1. The van der Waals surface area contributed by atoms with Crippen molar-refractivity contribution in [2.75, 3.05) is 5.32 Å². The van der Waals surface area contributed by atoms with Gasteiger partial charge in [-0.05, 0) is 18.4 Å². The number of nitrogens with zero attached hydrogens (tertiary/aromatic N) is 1. The first kappa shape index (κ1) is 9.46. The summed E-state index contributed by atoms with van der Waals surface area (Å²) in [5, 5.41) is 3.30. The van der Waals surface area contributed by atoms with Gasteiger partial charge in [-0.25, -0.2) is 0 Å². The van der Waals surface area contributed by atoms with Gasteiger partial charge in [-0.3, -0.25) is 9.78 Å². The highest BCUT2D eigenvalue weighted by Gasteiger charge is 2.39. The average molecular weight is 211 g/mol. The van der Waals surface area contributed by atoms with Gasteiger partial charge in [0.05, 0.1) is 16.9 Å². The van der Waals surface area contributed by atoms with Crippen molar-refractivity contribution in [1.29, 1.82) is 0 Å². The Morgan fingerprint density at radius 3 is 3.00 bits per heavy atom. The van der Waals surface area contributed by atoms with Crippen LogP contribution in [0.15, 0.2) is 18.5 Å². The predicted molar refractivity (Wildman–Crippen MR) is 55.1 cm³/mol. The van der Waals surface area contributed by atoms with E-state index in [-0.39, 0.29) is 11.8 Å². The Bertz CT molecular complexity index is 367. The maximum Gasteiger partial charge on any atom is 0.227 e. The Balaban J connectivity index is 2.04. The molecule has 4 heteroatoms. The van der Waals surface area contributed by atoms with Gasteiger partial charge in [-0.15, -0.1) is 0 Å². The molecule has 3 nitrogen and oxygen atoms in total. The molecule has 74 valence electrons. The molecule has 1 aliphatic rings. The predicted octanol–water partition coefficient (Wildman–Crippen LogP) is 2.33. The Morgan fingerprint density at radius 2 is 2.43 bits per heavy atom. The molecule has 0 radical (unpaired) electrons. The van der Waals surface area contributed by atoms with Crippen LogP contribution in [0.4, 0.5) is 5.69 Å². The fraction of sp³-hybridized carbons (Fsp3) is 0.400. The van der Waals surface area contributed by atoms with Crippen LogP contribution in [0.3, 0.4) is 0 Å². The molecule has 2 atom stereocenters. The van der Waals surface area contributed by atoms with Crippen molar-refractivity contribution in [1.82, 2.24) is 4.98 Å². The number of hydrogen-bond acceptors (Lipinski definition) is 2. The summed E-state index contributed by atoms with van der Waals surface area (Å²) >= 11 is 5.88. The minimum Gasteiger partial charge on any atom is -0.323 e. The Morgan fingerprint density at radius 1 is 1.71 bits per heavy atom. The van der Waals surface area contributed by atoms with Gasteiger partial charge in [-0.2, -0.15) is 0 Å². The normalized spacial score (nSPS) is 24.4. The molecule has 1 saturated carbocycles. The number of halogens is 1. The number of rotatable bonds is 2. The van der Waals surface area contributed by atoms with Crippen LogP contribution in [-0.2, 0) is 4.79 Å². The number of carbonyl (C=O) groups excluding carboxylic acids is 1. The van der Waals surface area contributed by atoms with E-state index >= 15 is 0 Å². The van der Waals surface area contributed by atoms with Gasteiger partial charge >= 0.3 is 0 Å². The van der Waals surface area contributed by atoms with Gasteiger partial charge in [0.1, 0.15) is 0 Å². The number of hydrogen-bond donors (Lipinski definition) is 1. The van der Waals surface area contributed by atoms with Crippen LogP contribution < -0.4 is 5.32 Å².